The summed E-state index contributed by atoms with van der Waals surface area (Å²) in [5.41, 5.74) is 2.07. The summed E-state index contributed by atoms with van der Waals surface area (Å²) < 4.78 is 7.33. The minimum atomic E-state index is 0.602. The Morgan fingerprint density at radius 1 is 1.29 bits per heavy atom. The lowest BCUT2D eigenvalue weighted by atomic mass is 10.3. The topological polar surface area (TPSA) is 56.2 Å². The van der Waals surface area contributed by atoms with E-state index in [4.69, 9.17) is 4.52 Å². The summed E-state index contributed by atoms with van der Waals surface area (Å²) in [6.45, 7) is 0. The quantitative estimate of drug-likeness (QED) is 0.537. The van der Waals surface area contributed by atoms with E-state index in [2.05, 4.69) is 15.1 Å². The van der Waals surface area contributed by atoms with Crippen molar-refractivity contribution in [3.63, 3.8) is 0 Å². The molecule has 21 heavy (non-hydrogen) atoms. The minimum Gasteiger partial charge on any atom is -0.338 e. The fourth-order valence-electron chi connectivity index (χ4n) is 1.97. The van der Waals surface area contributed by atoms with E-state index >= 15 is 0 Å². The Morgan fingerprint density at radius 2 is 2.29 bits per heavy atom. The summed E-state index contributed by atoms with van der Waals surface area (Å²) in [4.78, 5) is 8.81. The van der Waals surface area contributed by atoms with E-state index in [0.29, 0.717) is 17.5 Å². The normalized spacial score (nSPS) is 11.2. The highest BCUT2D eigenvalue weighted by molar-refractivity contribution is 7.98. The Morgan fingerprint density at radius 3 is 3.19 bits per heavy atom. The average Bonchev–Trinajstić information content (AvgIpc) is 3.25. The van der Waals surface area contributed by atoms with Crippen LogP contribution in [0.1, 0.15) is 5.89 Å². The molecule has 4 aromatic heterocycles. The number of fused-ring (bicyclic) bond motifs is 1. The van der Waals surface area contributed by atoms with Crippen molar-refractivity contribution in [2.45, 2.75) is 10.9 Å². The number of thiophene rings is 1. The van der Waals surface area contributed by atoms with Crippen LogP contribution in [0.2, 0.25) is 0 Å². The number of rotatable bonds is 4. The van der Waals surface area contributed by atoms with E-state index in [0.717, 1.165) is 16.2 Å². The van der Waals surface area contributed by atoms with Crippen molar-refractivity contribution in [3.8, 4) is 11.4 Å². The number of aromatic nitrogens is 4. The molecule has 4 aromatic rings. The second kappa shape index (κ2) is 5.34. The number of imidazole rings is 1. The van der Waals surface area contributed by atoms with Crippen LogP contribution in [0.4, 0.5) is 0 Å². The maximum atomic E-state index is 5.28. The molecule has 0 saturated carbocycles. The van der Waals surface area contributed by atoms with Crippen LogP contribution in [-0.4, -0.2) is 19.5 Å². The number of hydrogen-bond donors (Lipinski definition) is 0. The van der Waals surface area contributed by atoms with Gasteiger partial charge in [0, 0.05) is 17.1 Å². The van der Waals surface area contributed by atoms with Crippen LogP contribution < -0.4 is 0 Å². The Labute approximate surface area is 128 Å². The molecule has 0 aliphatic heterocycles. The van der Waals surface area contributed by atoms with Crippen LogP contribution in [0.15, 0.2) is 57.1 Å². The third-order valence-electron chi connectivity index (χ3n) is 2.98. The van der Waals surface area contributed by atoms with E-state index in [1.54, 1.807) is 23.1 Å². The molecule has 0 unspecified atom stereocenters. The number of thioether (sulfide) groups is 1. The van der Waals surface area contributed by atoms with Crippen LogP contribution in [-0.2, 0) is 5.75 Å². The molecule has 0 saturated heterocycles. The zero-order chi connectivity index (χ0) is 14.1. The van der Waals surface area contributed by atoms with Crippen LogP contribution in [0.25, 0.3) is 16.9 Å². The van der Waals surface area contributed by atoms with Crippen molar-refractivity contribution < 1.29 is 4.52 Å². The summed E-state index contributed by atoms with van der Waals surface area (Å²) in [6, 6.07) is 7.99. The molecule has 4 rings (SSSR count). The van der Waals surface area contributed by atoms with Gasteiger partial charge in [0.15, 0.2) is 5.16 Å². The van der Waals surface area contributed by atoms with Gasteiger partial charge in [0.05, 0.1) is 17.5 Å². The van der Waals surface area contributed by atoms with E-state index in [1.807, 2.05) is 51.8 Å². The third-order valence-corrected chi connectivity index (χ3v) is 4.61. The molecule has 0 aliphatic carbocycles. The molecule has 0 amide bonds. The number of pyridine rings is 1. The van der Waals surface area contributed by atoms with Crippen molar-refractivity contribution in [3.05, 3.63) is 53.3 Å². The molecule has 0 spiro atoms. The molecule has 0 aliphatic rings. The van der Waals surface area contributed by atoms with Crippen molar-refractivity contribution in [2.24, 2.45) is 0 Å². The summed E-state index contributed by atoms with van der Waals surface area (Å²) in [5.74, 6) is 1.85. The number of hydrogen-bond acceptors (Lipinski definition) is 6. The lowest BCUT2D eigenvalue weighted by Gasteiger charge is -1.97. The zero-order valence-corrected chi connectivity index (χ0v) is 12.5. The Kier molecular flexibility index (Phi) is 3.21. The van der Waals surface area contributed by atoms with Crippen molar-refractivity contribution in [2.75, 3.05) is 0 Å². The molecule has 0 N–H and O–H groups in total. The predicted octanol–water partition coefficient (Wildman–Crippen LogP) is 3.74. The molecule has 0 atom stereocenters. The first-order valence-electron chi connectivity index (χ1n) is 6.30. The van der Waals surface area contributed by atoms with Crippen LogP contribution in [0.5, 0.6) is 0 Å². The van der Waals surface area contributed by atoms with Gasteiger partial charge in [0.1, 0.15) is 0 Å². The molecule has 0 aromatic carbocycles. The SMILES string of the molecule is c1ccn2c(SCc3nc(-c4ccsc4)no3)ncc2c1. The van der Waals surface area contributed by atoms with Gasteiger partial charge < -0.3 is 4.52 Å². The van der Waals surface area contributed by atoms with Gasteiger partial charge in [-0.05, 0) is 23.6 Å². The lowest BCUT2D eigenvalue weighted by molar-refractivity contribution is 0.391. The van der Waals surface area contributed by atoms with Gasteiger partial charge in [-0.15, -0.1) is 0 Å². The van der Waals surface area contributed by atoms with Crippen LogP contribution in [0, 0.1) is 0 Å². The smallest absolute Gasteiger partial charge is 0.237 e. The second-order valence-electron chi connectivity index (χ2n) is 4.35. The predicted molar refractivity (Wildman–Crippen MR) is 82.4 cm³/mol. The van der Waals surface area contributed by atoms with Gasteiger partial charge in [-0.1, -0.05) is 23.0 Å². The van der Waals surface area contributed by atoms with Crippen molar-refractivity contribution in [1.29, 1.82) is 0 Å². The maximum absolute atomic E-state index is 5.28. The number of nitrogens with zero attached hydrogens (tertiary/aromatic N) is 4. The van der Waals surface area contributed by atoms with Crippen molar-refractivity contribution >= 4 is 28.6 Å². The fourth-order valence-corrected chi connectivity index (χ4v) is 3.41. The summed E-state index contributed by atoms with van der Waals surface area (Å²) >= 11 is 3.19. The first-order chi connectivity index (χ1) is 10.4. The summed E-state index contributed by atoms with van der Waals surface area (Å²) in [6.07, 6.45) is 3.85. The Balaban J connectivity index is 1.52. The van der Waals surface area contributed by atoms with Gasteiger partial charge in [-0.25, -0.2) is 4.98 Å². The first kappa shape index (κ1) is 12.6. The van der Waals surface area contributed by atoms with Crippen LogP contribution in [0.3, 0.4) is 0 Å². The average molecular weight is 314 g/mol. The van der Waals surface area contributed by atoms with E-state index in [1.165, 1.54) is 0 Å². The summed E-state index contributed by atoms with van der Waals surface area (Å²) in [5, 5.41) is 8.92. The third kappa shape index (κ3) is 2.45. The molecule has 0 bridgehead atoms. The molecular weight excluding hydrogens is 304 g/mol. The Bertz CT molecular complexity index is 866. The van der Waals surface area contributed by atoms with Gasteiger partial charge in [0.25, 0.3) is 0 Å². The molecule has 0 radical (unpaired) electrons. The van der Waals surface area contributed by atoms with Crippen molar-refractivity contribution in [1.82, 2.24) is 19.5 Å². The van der Waals surface area contributed by atoms with Gasteiger partial charge in [-0.2, -0.15) is 16.3 Å². The zero-order valence-electron chi connectivity index (χ0n) is 10.8. The standard InChI is InChI=1S/C14H10N4OS2/c1-2-5-18-11(3-1)7-15-14(18)21-9-12-16-13(17-19-12)10-4-6-20-8-10/h1-8H,9H2. The van der Waals surface area contributed by atoms with E-state index in [-0.39, 0.29) is 0 Å². The molecule has 7 heteroatoms. The minimum absolute atomic E-state index is 0.602. The monoisotopic (exact) mass is 314 g/mol. The fraction of sp³-hybridized carbons (Fsp3) is 0.0714. The highest BCUT2D eigenvalue weighted by atomic mass is 32.2. The van der Waals surface area contributed by atoms with Gasteiger partial charge in [0.2, 0.25) is 11.7 Å². The largest absolute Gasteiger partial charge is 0.338 e. The first-order valence-corrected chi connectivity index (χ1v) is 8.23. The van der Waals surface area contributed by atoms with E-state index < -0.39 is 0 Å². The van der Waals surface area contributed by atoms with Gasteiger partial charge in [-0.3, -0.25) is 4.40 Å². The van der Waals surface area contributed by atoms with Crippen LogP contribution >= 0.6 is 23.1 Å². The molecular formula is C14H10N4OS2. The molecule has 104 valence electrons. The summed E-state index contributed by atoms with van der Waals surface area (Å²) in [7, 11) is 0. The molecule has 4 heterocycles. The molecule has 5 nitrogen and oxygen atoms in total. The van der Waals surface area contributed by atoms with E-state index in [9.17, 15) is 0 Å². The lowest BCUT2D eigenvalue weighted by Crippen LogP contribution is -1.87. The maximum Gasteiger partial charge on any atom is 0.237 e. The highest BCUT2D eigenvalue weighted by Gasteiger charge is 2.11. The van der Waals surface area contributed by atoms with Gasteiger partial charge >= 0.3 is 0 Å². The molecule has 0 fully saturated rings. The second-order valence-corrected chi connectivity index (χ2v) is 6.07. The highest BCUT2D eigenvalue weighted by Crippen LogP contribution is 2.24. The Hall–Kier alpha value is -2.12.